The van der Waals surface area contributed by atoms with Crippen molar-refractivity contribution in [2.24, 2.45) is 5.92 Å². The monoisotopic (exact) mass is 524 g/mol. The number of alkyl carbamates (subject to hydrolysis) is 1. The molecule has 0 saturated carbocycles. The molecule has 0 aromatic heterocycles. The number of aliphatic hydroxyl groups excluding tert-OH is 1. The molecular weight excluding hydrogens is 486 g/mol. The van der Waals surface area contributed by atoms with E-state index in [-0.39, 0.29) is 37.5 Å². The molecule has 205 valence electrons. The second kappa shape index (κ2) is 16.9. The maximum Gasteiger partial charge on any atom is 0.408 e. The molecule has 1 radical (unpaired) electrons. The quantitative estimate of drug-likeness (QED) is 0.250. The highest BCUT2D eigenvalue weighted by molar-refractivity contribution is 5.85. The predicted molar refractivity (Wildman–Crippen MR) is 144 cm³/mol. The van der Waals surface area contributed by atoms with Crippen LogP contribution in [0.4, 0.5) is 4.79 Å². The largest absolute Gasteiger partial charge is 0.445 e. The van der Waals surface area contributed by atoms with Gasteiger partial charge in [0.15, 0.2) is 0 Å². The summed E-state index contributed by atoms with van der Waals surface area (Å²) in [7, 11) is 0. The van der Waals surface area contributed by atoms with Crippen molar-refractivity contribution in [2.75, 3.05) is 6.61 Å². The molecule has 0 saturated heterocycles. The van der Waals surface area contributed by atoms with Crippen LogP contribution in [-0.2, 0) is 32.1 Å². The Kier molecular flexibility index (Phi) is 13.6. The van der Waals surface area contributed by atoms with Crippen LogP contribution in [0.15, 0.2) is 60.7 Å². The molecule has 2 unspecified atom stereocenters. The summed E-state index contributed by atoms with van der Waals surface area (Å²) in [6.07, 6.45) is 3.73. The highest BCUT2D eigenvalue weighted by atomic mass is 16.5. The van der Waals surface area contributed by atoms with Crippen molar-refractivity contribution in [1.29, 1.82) is 0 Å². The summed E-state index contributed by atoms with van der Waals surface area (Å²) >= 11 is 0. The van der Waals surface area contributed by atoms with E-state index in [2.05, 4.69) is 16.0 Å². The topological polar surface area (TPSA) is 134 Å². The fourth-order valence-electron chi connectivity index (χ4n) is 3.77. The summed E-state index contributed by atoms with van der Waals surface area (Å²) in [6.45, 7) is 3.14. The van der Waals surface area contributed by atoms with Crippen molar-refractivity contribution in [3.8, 4) is 0 Å². The van der Waals surface area contributed by atoms with E-state index in [9.17, 15) is 24.3 Å². The number of aliphatic hydroxyl groups is 1. The van der Waals surface area contributed by atoms with E-state index in [1.165, 1.54) is 0 Å². The lowest BCUT2D eigenvalue weighted by Crippen LogP contribution is -2.48. The number of rotatable bonds is 16. The normalized spacial score (nSPS) is 13.9. The van der Waals surface area contributed by atoms with Gasteiger partial charge in [-0.2, -0.15) is 0 Å². The Morgan fingerprint density at radius 2 is 1.53 bits per heavy atom. The Morgan fingerprint density at radius 3 is 2.13 bits per heavy atom. The first-order valence-corrected chi connectivity index (χ1v) is 12.9. The van der Waals surface area contributed by atoms with Crippen molar-refractivity contribution in [3.05, 3.63) is 71.8 Å². The van der Waals surface area contributed by atoms with E-state index >= 15 is 0 Å². The average Bonchev–Trinajstić information content (AvgIpc) is 2.93. The number of ether oxygens (including phenoxy) is 1. The van der Waals surface area contributed by atoms with Gasteiger partial charge in [0.1, 0.15) is 18.7 Å². The van der Waals surface area contributed by atoms with Gasteiger partial charge in [0.2, 0.25) is 18.1 Å². The second-order valence-electron chi connectivity index (χ2n) is 9.39. The van der Waals surface area contributed by atoms with Gasteiger partial charge in [-0.25, -0.2) is 4.79 Å². The first kappa shape index (κ1) is 30.5. The number of carbonyl (C=O) groups is 3. The predicted octanol–water partition coefficient (Wildman–Crippen LogP) is 2.81. The molecule has 2 aromatic rings. The minimum absolute atomic E-state index is 0.107. The van der Waals surface area contributed by atoms with E-state index < -0.39 is 24.1 Å². The summed E-state index contributed by atoms with van der Waals surface area (Å²) in [6, 6.07) is 17.2. The molecule has 4 atom stereocenters. The Balaban J connectivity index is 1.84. The Hall–Kier alpha value is -3.72. The molecule has 0 aliphatic heterocycles. The van der Waals surface area contributed by atoms with Gasteiger partial charge < -0.3 is 25.8 Å². The Morgan fingerprint density at radius 1 is 0.895 bits per heavy atom. The minimum atomic E-state index is -0.842. The van der Waals surface area contributed by atoms with Crippen molar-refractivity contribution >= 4 is 24.2 Å². The molecule has 2 rings (SSSR count). The summed E-state index contributed by atoms with van der Waals surface area (Å²) in [5.74, 6) is -1.02. The summed E-state index contributed by atoms with van der Waals surface area (Å²) in [4.78, 5) is 48.2. The molecule has 38 heavy (non-hydrogen) atoms. The van der Waals surface area contributed by atoms with Crippen molar-refractivity contribution in [3.63, 3.8) is 0 Å². The maximum absolute atomic E-state index is 12.8. The molecule has 0 fully saturated rings. The Labute approximate surface area is 224 Å². The second-order valence-corrected chi connectivity index (χ2v) is 9.39. The molecule has 9 nitrogen and oxygen atoms in total. The number of unbranched alkanes of at least 4 members (excludes halogenated alkanes) is 1. The highest BCUT2D eigenvalue weighted by Gasteiger charge is 2.21. The van der Waals surface area contributed by atoms with Gasteiger partial charge in [0.25, 0.3) is 0 Å². The van der Waals surface area contributed by atoms with Gasteiger partial charge in [-0.1, -0.05) is 74.0 Å². The number of carbonyl (C=O) groups excluding carboxylic acids is 4. The maximum atomic E-state index is 12.8. The van der Waals surface area contributed by atoms with Crippen LogP contribution < -0.4 is 16.0 Å². The van der Waals surface area contributed by atoms with E-state index in [0.717, 1.165) is 11.1 Å². The van der Waals surface area contributed by atoms with Gasteiger partial charge in [-0.3, -0.25) is 14.4 Å². The molecule has 4 N–H and O–H groups in total. The fourth-order valence-corrected chi connectivity index (χ4v) is 3.77. The van der Waals surface area contributed by atoms with Gasteiger partial charge in [-0.15, -0.1) is 0 Å². The fraction of sp³-hybridized carbons (Fsp3) is 0.448. The first-order valence-electron chi connectivity index (χ1n) is 12.9. The van der Waals surface area contributed by atoms with Crippen LogP contribution in [0.1, 0.15) is 50.7 Å². The molecule has 3 amide bonds. The average molecular weight is 525 g/mol. The molecule has 0 aliphatic carbocycles. The van der Waals surface area contributed by atoms with E-state index in [1.54, 1.807) is 20.1 Å². The minimum Gasteiger partial charge on any atom is -0.445 e. The molecule has 0 aliphatic rings. The SMILES string of the molecule is CC(CO)C([C]=O)NC(=O)CCCC[C@@H](Cc1ccccc1)NC(=O)[C@H](C)NC(=O)OCc1ccccc1. The van der Waals surface area contributed by atoms with Crippen LogP contribution in [0.2, 0.25) is 0 Å². The third-order valence-electron chi connectivity index (χ3n) is 6.12. The lowest BCUT2D eigenvalue weighted by Gasteiger charge is -2.22. The zero-order valence-corrected chi connectivity index (χ0v) is 22.0. The van der Waals surface area contributed by atoms with Gasteiger partial charge in [0.05, 0.1) is 0 Å². The van der Waals surface area contributed by atoms with Gasteiger partial charge >= 0.3 is 6.09 Å². The van der Waals surface area contributed by atoms with Crippen molar-refractivity contribution in [2.45, 2.75) is 70.7 Å². The lowest BCUT2D eigenvalue weighted by molar-refractivity contribution is -0.124. The van der Waals surface area contributed by atoms with E-state index in [0.29, 0.717) is 25.7 Å². The molecule has 0 spiro atoms. The number of benzene rings is 2. The molecular formula is C29H38N3O6. The standard InChI is InChI=1S/C29H38N3O6/c1-21(18-33)26(19-34)32-27(35)16-10-9-15-25(17-23-11-5-3-6-12-23)31-28(36)22(2)30-29(37)38-20-24-13-7-4-8-14-24/h3-8,11-14,21-22,25-26,33H,9-10,15-18,20H2,1-2H3,(H,30,37)(H,31,36)(H,32,35)/t21?,22-,25-,26?/m0/s1. The molecule has 0 heterocycles. The molecule has 0 bridgehead atoms. The third kappa shape index (κ3) is 11.6. The smallest absolute Gasteiger partial charge is 0.408 e. The van der Waals surface area contributed by atoms with Crippen molar-refractivity contribution < 1.29 is 29.0 Å². The van der Waals surface area contributed by atoms with Crippen LogP contribution >= 0.6 is 0 Å². The third-order valence-corrected chi connectivity index (χ3v) is 6.12. The van der Waals surface area contributed by atoms with Crippen LogP contribution in [0, 0.1) is 5.92 Å². The highest BCUT2D eigenvalue weighted by Crippen LogP contribution is 2.11. The zero-order valence-electron chi connectivity index (χ0n) is 22.0. The van der Waals surface area contributed by atoms with E-state index in [1.807, 2.05) is 60.7 Å². The van der Waals surface area contributed by atoms with Crippen molar-refractivity contribution in [1.82, 2.24) is 16.0 Å². The van der Waals surface area contributed by atoms with Crippen LogP contribution in [-0.4, -0.2) is 54.0 Å². The molecule has 9 heteroatoms. The summed E-state index contributed by atoms with van der Waals surface area (Å²) < 4.78 is 5.20. The number of hydrogen-bond acceptors (Lipinski definition) is 6. The van der Waals surface area contributed by atoms with Crippen LogP contribution in [0.3, 0.4) is 0 Å². The number of hydrogen-bond donors (Lipinski definition) is 4. The van der Waals surface area contributed by atoms with Gasteiger partial charge in [-0.05, 0) is 37.3 Å². The summed E-state index contributed by atoms with van der Waals surface area (Å²) in [5, 5.41) is 17.3. The number of amides is 3. The lowest BCUT2D eigenvalue weighted by atomic mass is 9.99. The zero-order chi connectivity index (χ0) is 27.8. The number of nitrogens with one attached hydrogen (secondary N) is 3. The van der Waals surface area contributed by atoms with Crippen LogP contribution in [0.25, 0.3) is 0 Å². The Bertz CT molecular complexity index is 1000. The van der Waals surface area contributed by atoms with E-state index in [4.69, 9.17) is 4.74 Å². The summed E-state index contributed by atoms with van der Waals surface area (Å²) in [5.41, 5.74) is 1.90. The molecule has 2 aromatic carbocycles. The van der Waals surface area contributed by atoms with Crippen LogP contribution in [0.5, 0.6) is 0 Å². The first-order chi connectivity index (χ1) is 18.3. The van der Waals surface area contributed by atoms with Gasteiger partial charge in [0, 0.05) is 25.0 Å².